The van der Waals surface area contributed by atoms with Crippen LogP contribution >= 0.6 is 15.9 Å². The minimum absolute atomic E-state index is 0.0195. The number of nitrogens with one attached hydrogen (secondary N) is 1. The molecule has 0 bridgehead atoms. The van der Waals surface area contributed by atoms with Crippen LogP contribution in [0, 0.1) is 5.82 Å². The summed E-state index contributed by atoms with van der Waals surface area (Å²) in [6.07, 6.45) is 1.03. The number of halogens is 2. The van der Waals surface area contributed by atoms with Gasteiger partial charge in [0.1, 0.15) is 17.7 Å². The van der Waals surface area contributed by atoms with E-state index in [1.807, 2.05) is 6.92 Å². The lowest BCUT2D eigenvalue weighted by Crippen LogP contribution is -2.43. The van der Waals surface area contributed by atoms with Gasteiger partial charge in [0.2, 0.25) is 0 Å². The number of ether oxygens (including phenoxy) is 1. The van der Waals surface area contributed by atoms with Crippen molar-refractivity contribution in [1.82, 2.24) is 5.32 Å². The summed E-state index contributed by atoms with van der Waals surface area (Å²) in [4.78, 5) is 0. The summed E-state index contributed by atoms with van der Waals surface area (Å²) in [5.41, 5.74) is 0.0940. The summed E-state index contributed by atoms with van der Waals surface area (Å²) in [6.45, 7) is 9.14. The van der Waals surface area contributed by atoms with Crippen LogP contribution in [0.15, 0.2) is 22.7 Å². The van der Waals surface area contributed by atoms with E-state index in [4.69, 9.17) is 4.74 Å². The van der Waals surface area contributed by atoms with Crippen molar-refractivity contribution in [2.45, 2.75) is 45.8 Å². The second-order valence-electron chi connectivity index (χ2n) is 5.12. The minimum Gasteiger partial charge on any atom is -0.488 e. The zero-order chi connectivity index (χ0) is 13.8. The quantitative estimate of drug-likeness (QED) is 0.851. The molecule has 1 rings (SSSR count). The first-order valence-electron chi connectivity index (χ1n) is 6.21. The molecule has 0 spiro atoms. The summed E-state index contributed by atoms with van der Waals surface area (Å²) in [7, 11) is 0. The van der Waals surface area contributed by atoms with E-state index in [-0.39, 0.29) is 17.5 Å². The Labute approximate surface area is 117 Å². The number of rotatable bonds is 6. The molecule has 4 heteroatoms. The van der Waals surface area contributed by atoms with Crippen LogP contribution in [0.4, 0.5) is 4.39 Å². The van der Waals surface area contributed by atoms with Gasteiger partial charge in [0.15, 0.2) is 0 Å². The highest BCUT2D eigenvalue weighted by molar-refractivity contribution is 9.10. The van der Waals surface area contributed by atoms with Crippen LogP contribution in [0.1, 0.15) is 34.1 Å². The number of hydrogen-bond donors (Lipinski definition) is 1. The Hall–Kier alpha value is -0.610. The molecule has 0 amide bonds. The molecule has 1 atom stereocenters. The molecule has 0 aliphatic carbocycles. The van der Waals surface area contributed by atoms with Crippen molar-refractivity contribution in [2.75, 3.05) is 6.54 Å². The Bertz CT molecular complexity index is 395. The van der Waals surface area contributed by atoms with Crippen LogP contribution in [0.3, 0.4) is 0 Å². The van der Waals surface area contributed by atoms with Gasteiger partial charge in [-0.15, -0.1) is 0 Å². The summed E-state index contributed by atoms with van der Waals surface area (Å²) >= 11 is 3.35. The van der Waals surface area contributed by atoms with Gasteiger partial charge in [-0.25, -0.2) is 4.39 Å². The summed E-state index contributed by atoms with van der Waals surface area (Å²) < 4.78 is 19.6. The Balaban J connectivity index is 2.54. The molecule has 1 unspecified atom stereocenters. The topological polar surface area (TPSA) is 21.3 Å². The molecule has 0 saturated carbocycles. The molecule has 0 aliphatic rings. The molecule has 0 radical (unpaired) electrons. The minimum atomic E-state index is -0.290. The number of benzene rings is 1. The van der Waals surface area contributed by atoms with Crippen molar-refractivity contribution >= 4 is 15.9 Å². The molecule has 0 aromatic heterocycles. The van der Waals surface area contributed by atoms with Crippen LogP contribution in [-0.4, -0.2) is 18.2 Å². The third-order valence-corrected chi connectivity index (χ3v) is 3.63. The average Bonchev–Trinajstić information content (AvgIpc) is 2.31. The lowest BCUT2D eigenvalue weighted by Gasteiger charge is -2.27. The second-order valence-corrected chi connectivity index (χ2v) is 5.98. The highest BCUT2D eigenvalue weighted by atomic mass is 79.9. The molecule has 1 N–H and O–H groups in total. The maximum absolute atomic E-state index is 13.1. The van der Waals surface area contributed by atoms with Gasteiger partial charge in [-0.3, -0.25) is 0 Å². The molecular weight excluding hydrogens is 297 g/mol. The smallest absolute Gasteiger partial charge is 0.136 e. The van der Waals surface area contributed by atoms with E-state index in [0.29, 0.717) is 5.75 Å². The first-order valence-corrected chi connectivity index (χ1v) is 7.00. The maximum Gasteiger partial charge on any atom is 0.136 e. The van der Waals surface area contributed by atoms with Crippen molar-refractivity contribution < 1.29 is 9.13 Å². The van der Waals surface area contributed by atoms with Crippen LogP contribution in [0.5, 0.6) is 5.75 Å². The first-order chi connectivity index (χ1) is 8.34. The zero-order valence-corrected chi connectivity index (χ0v) is 13.0. The second kappa shape index (κ2) is 6.53. The van der Waals surface area contributed by atoms with Gasteiger partial charge in [-0.1, -0.05) is 6.92 Å². The first kappa shape index (κ1) is 15.4. The summed E-state index contributed by atoms with van der Waals surface area (Å²) in [6, 6.07) is 4.45. The van der Waals surface area contributed by atoms with Crippen LogP contribution < -0.4 is 10.1 Å². The molecule has 18 heavy (non-hydrogen) atoms. The third kappa shape index (κ3) is 4.94. The molecule has 1 aromatic rings. The Kier molecular flexibility index (Phi) is 5.60. The predicted octanol–water partition coefficient (Wildman–Crippen LogP) is 4.13. The third-order valence-electron chi connectivity index (χ3n) is 2.97. The van der Waals surface area contributed by atoms with Gasteiger partial charge in [0.25, 0.3) is 0 Å². The van der Waals surface area contributed by atoms with Crippen molar-refractivity contribution in [3.8, 4) is 5.75 Å². The van der Waals surface area contributed by atoms with Gasteiger partial charge in [0, 0.05) is 18.2 Å². The molecule has 0 aliphatic heterocycles. The van der Waals surface area contributed by atoms with E-state index in [1.54, 1.807) is 6.07 Å². The van der Waals surface area contributed by atoms with E-state index in [2.05, 4.69) is 42.0 Å². The molecular formula is C14H21BrFNO. The lowest BCUT2D eigenvalue weighted by molar-refractivity contribution is 0.197. The van der Waals surface area contributed by atoms with Gasteiger partial charge < -0.3 is 10.1 Å². The fraction of sp³-hybridized carbons (Fsp3) is 0.571. The molecule has 0 saturated heterocycles. The molecule has 102 valence electrons. The van der Waals surface area contributed by atoms with E-state index in [1.165, 1.54) is 12.1 Å². The Morgan fingerprint density at radius 2 is 2.11 bits per heavy atom. The van der Waals surface area contributed by atoms with Gasteiger partial charge >= 0.3 is 0 Å². The highest BCUT2D eigenvalue weighted by Crippen LogP contribution is 2.26. The maximum atomic E-state index is 13.1. The molecule has 0 fully saturated rings. The van der Waals surface area contributed by atoms with E-state index < -0.39 is 0 Å². The SMILES string of the molecule is CCC(C)(C)NCC(C)Oc1cc(F)ccc1Br. The van der Waals surface area contributed by atoms with Crippen molar-refractivity contribution in [1.29, 1.82) is 0 Å². The Morgan fingerprint density at radius 1 is 1.44 bits per heavy atom. The van der Waals surface area contributed by atoms with Crippen LogP contribution in [-0.2, 0) is 0 Å². The monoisotopic (exact) mass is 317 g/mol. The van der Waals surface area contributed by atoms with E-state index in [9.17, 15) is 4.39 Å². The molecule has 1 aromatic carbocycles. The molecule has 2 nitrogen and oxygen atoms in total. The average molecular weight is 318 g/mol. The Morgan fingerprint density at radius 3 is 2.72 bits per heavy atom. The number of hydrogen-bond acceptors (Lipinski definition) is 2. The summed E-state index contributed by atoms with van der Waals surface area (Å²) in [5.74, 6) is 0.251. The largest absolute Gasteiger partial charge is 0.488 e. The summed E-state index contributed by atoms with van der Waals surface area (Å²) in [5, 5.41) is 3.43. The van der Waals surface area contributed by atoms with Crippen molar-refractivity contribution in [3.63, 3.8) is 0 Å². The molecule has 0 heterocycles. The van der Waals surface area contributed by atoms with Crippen molar-refractivity contribution in [2.24, 2.45) is 0 Å². The van der Waals surface area contributed by atoms with Crippen molar-refractivity contribution in [3.05, 3.63) is 28.5 Å². The fourth-order valence-electron chi connectivity index (χ4n) is 1.37. The van der Waals surface area contributed by atoms with Gasteiger partial charge in [-0.05, 0) is 55.3 Å². The normalized spacial score (nSPS) is 13.4. The standard InChI is InChI=1S/C14H21BrFNO/c1-5-14(3,4)17-9-10(2)18-13-8-11(16)6-7-12(13)15/h6-8,10,17H,5,9H2,1-4H3. The predicted molar refractivity (Wildman–Crippen MR) is 76.6 cm³/mol. The van der Waals surface area contributed by atoms with Crippen LogP contribution in [0.25, 0.3) is 0 Å². The lowest BCUT2D eigenvalue weighted by atomic mass is 10.0. The van der Waals surface area contributed by atoms with E-state index >= 15 is 0 Å². The van der Waals surface area contributed by atoms with Crippen LogP contribution in [0.2, 0.25) is 0 Å². The van der Waals surface area contributed by atoms with Gasteiger partial charge in [0.05, 0.1) is 4.47 Å². The fourth-order valence-corrected chi connectivity index (χ4v) is 1.71. The van der Waals surface area contributed by atoms with Gasteiger partial charge in [-0.2, -0.15) is 0 Å². The highest BCUT2D eigenvalue weighted by Gasteiger charge is 2.16. The van der Waals surface area contributed by atoms with E-state index in [0.717, 1.165) is 17.4 Å². The zero-order valence-electron chi connectivity index (χ0n) is 11.4.